The zero-order valence-corrected chi connectivity index (χ0v) is 12.7. The van der Waals surface area contributed by atoms with E-state index in [9.17, 15) is 4.79 Å². The Bertz CT molecular complexity index is 543. The molecule has 0 radical (unpaired) electrons. The van der Waals surface area contributed by atoms with Crippen molar-refractivity contribution in [3.05, 3.63) is 40.4 Å². The van der Waals surface area contributed by atoms with Gasteiger partial charge in [-0.05, 0) is 60.9 Å². The molecule has 2 heteroatoms. The fourth-order valence-corrected chi connectivity index (χ4v) is 4.00. The number of benzene rings is 1. The fourth-order valence-electron chi connectivity index (χ4n) is 3.88. The predicted octanol–water partition coefficient (Wildman–Crippen LogP) is 5.28. The fraction of sp³-hybridized carbons (Fsp3) is 0.500. The van der Waals surface area contributed by atoms with Gasteiger partial charge in [0.05, 0.1) is 0 Å². The second-order valence-corrected chi connectivity index (χ2v) is 6.89. The minimum atomic E-state index is -0.102. The van der Waals surface area contributed by atoms with E-state index in [1.54, 1.807) is 0 Å². The average molecular weight is 289 g/mol. The molecule has 0 heterocycles. The Morgan fingerprint density at radius 3 is 2.70 bits per heavy atom. The van der Waals surface area contributed by atoms with Crippen LogP contribution in [0.2, 0.25) is 5.02 Å². The van der Waals surface area contributed by atoms with Crippen LogP contribution in [-0.2, 0) is 4.79 Å². The molecule has 1 aromatic rings. The van der Waals surface area contributed by atoms with Crippen molar-refractivity contribution in [3.63, 3.8) is 0 Å². The standard InChI is InChI=1S/C18H21ClO/c1-18-11-3-2-4-15(18)8-7-14(17(18)20)12-13-5-9-16(19)10-6-13/h5-6,9-10,12,15H,2-4,7-8,11H2,1H3/b14-12+. The monoisotopic (exact) mass is 288 g/mol. The van der Waals surface area contributed by atoms with Crippen LogP contribution in [0.5, 0.6) is 0 Å². The number of fused-ring (bicyclic) bond motifs is 1. The van der Waals surface area contributed by atoms with E-state index in [1.807, 2.05) is 24.3 Å². The van der Waals surface area contributed by atoms with E-state index in [2.05, 4.69) is 13.0 Å². The van der Waals surface area contributed by atoms with Gasteiger partial charge in [0.2, 0.25) is 0 Å². The zero-order chi connectivity index (χ0) is 14.2. The van der Waals surface area contributed by atoms with E-state index < -0.39 is 0 Å². The minimum absolute atomic E-state index is 0.102. The highest BCUT2D eigenvalue weighted by Crippen LogP contribution is 2.49. The number of carbonyl (C=O) groups is 1. The third kappa shape index (κ3) is 2.44. The Hall–Kier alpha value is -1.08. The Balaban J connectivity index is 1.88. The molecular weight excluding hydrogens is 268 g/mol. The first-order chi connectivity index (χ1) is 9.59. The van der Waals surface area contributed by atoms with Crippen molar-refractivity contribution in [2.75, 3.05) is 0 Å². The highest BCUT2D eigenvalue weighted by atomic mass is 35.5. The number of carbonyl (C=O) groups excluding carboxylic acids is 1. The molecule has 0 bridgehead atoms. The van der Waals surface area contributed by atoms with Crippen LogP contribution in [0.4, 0.5) is 0 Å². The summed E-state index contributed by atoms with van der Waals surface area (Å²) in [6.07, 6.45) is 8.96. The number of hydrogen-bond acceptors (Lipinski definition) is 1. The predicted molar refractivity (Wildman–Crippen MR) is 83.7 cm³/mol. The van der Waals surface area contributed by atoms with Gasteiger partial charge in [0.15, 0.2) is 5.78 Å². The largest absolute Gasteiger partial charge is 0.294 e. The van der Waals surface area contributed by atoms with E-state index in [0.717, 1.165) is 29.0 Å². The number of Topliss-reactive ketones (excluding diaryl/α,β-unsaturated/α-hetero) is 1. The molecule has 2 aliphatic carbocycles. The van der Waals surface area contributed by atoms with Crippen LogP contribution in [0.1, 0.15) is 51.0 Å². The number of allylic oxidation sites excluding steroid dienone is 1. The smallest absolute Gasteiger partial charge is 0.165 e. The first-order valence-corrected chi connectivity index (χ1v) is 7.98. The molecule has 2 unspecified atom stereocenters. The molecule has 2 aliphatic rings. The molecule has 20 heavy (non-hydrogen) atoms. The van der Waals surface area contributed by atoms with Gasteiger partial charge < -0.3 is 0 Å². The SMILES string of the molecule is CC12CCCCC1CC/C(=C\c1ccc(Cl)cc1)C2=O. The van der Waals surface area contributed by atoms with E-state index in [0.29, 0.717) is 11.7 Å². The molecule has 0 N–H and O–H groups in total. The molecule has 0 aromatic heterocycles. The maximum Gasteiger partial charge on any atom is 0.165 e. The quantitative estimate of drug-likeness (QED) is 0.642. The first kappa shape index (κ1) is 13.9. The van der Waals surface area contributed by atoms with E-state index >= 15 is 0 Å². The van der Waals surface area contributed by atoms with E-state index in [-0.39, 0.29) is 5.41 Å². The van der Waals surface area contributed by atoms with Gasteiger partial charge in [0, 0.05) is 10.4 Å². The molecule has 0 spiro atoms. The molecule has 2 fully saturated rings. The summed E-state index contributed by atoms with van der Waals surface area (Å²) in [4.78, 5) is 12.9. The third-order valence-electron chi connectivity index (χ3n) is 5.18. The summed E-state index contributed by atoms with van der Waals surface area (Å²) < 4.78 is 0. The van der Waals surface area contributed by atoms with Crippen molar-refractivity contribution in [1.82, 2.24) is 0 Å². The van der Waals surface area contributed by atoms with Crippen molar-refractivity contribution in [1.29, 1.82) is 0 Å². The molecule has 2 atom stereocenters. The normalized spacial score (nSPS) is 32.2. The highest BCUT2D eigenvalue weighted by molar-refractivity contribution is 6.30. The van der Waals surface area contributed by atoms with Crippen molar-refractivity contribution >= 4 is 23.5 Å². The summed E-state index contributed by atoms with van der Waals surface area (Å²) in [6.45, 7) is 2.19. The lowest BCUT2D eigenvalue weighted by Gasteiger charge is -2.44. The summed E-state index contributed by atoms with van der Waals surface area (Å²) in [7, 11) is 0. The summed E-state index contributed by atoms with van der Waals surface area (Å²) in [6, 6.07) is 7.73. The van der Waals surface area contributed by atoms with Crippen molar-refractivity contribution in [3.8, 4) is 0 Å². The van der Waals surface area contributed by atoms with E-state index in [1.165, 1.54) is 25.7 Å². The second kappa shape index (κ2) is 5.37. The molecule has 106 valence electrons. The molecular formula is C18H21ClO. The van der Waals surface area contributed by atoms with Crippen molar-refractivity contribution in [2.24, 2.45) is 11.3 Å². The molecule has 0 saturated heterocycles. The molecule has 0 aliphatic heterocycles. The molecule has 2 saturated carbocycles. The van der Waals surface area contributed by atoms with Crippen LogP contribution < -0.4 is 0 Å². The average Bonchev–Trinajstić information content (AvgIpc) is 2.45. The van der Waals surface area contributed by atoms with Crippen molar-refractivity contribution < 1.29 is 4.79 Å². The van der Waals surface area contributed by atoms with Crippen molar-refractivity contribution in [2.45, 2.75) is 45.4 Å². The maximum atomic E-state index is 12.9. The molecule has 0 amide bonds. The van der Waals surface area contributed by atoms with Crippen LogP contribution in [0.15, 0.2) is 29.8 Å². The van der Waals surface area contributed by atoms with E-state index in [4.69, 9.17) is 11.6 Å². The first-order valence-electron chi connectivity index (χ1n) is 7.60. The van der Waals surface area contributed by atoms with Gasteiger partial charge >= 0.3 is 0 Å². The van der Waals surface area contributed by atoms with Crippen LogP contribution >= 0.6 is 11.6 Å². The Morgan fingerprint density at radius 2 is 1.95 bits per heavy atom. The second-order valence-electron chi connectivity index (χ2n) is 6.45. The summed E-state index contributed by atoms with van der Waals surface area (Å²) >= 11 is 5.91. The van der Waals surface area contributed by atoms with Gasteiger partial charge in [-0.1, -0.05) is 43.5 Å². The maximum absolute atomic E-state index is 12.9. The number of hydrogen-bond donors (Lipinski definition) is 0. The van der Waals surface area contributed by atoms with Gasteiger partial charge in [-0.2, -0.15) is 0 Å². The lowest BCUT2D eigenvalue weighted by Crippen LogP contribution is -2.42. The summed E-state index contributed by atoms with van der Waals surface area (Å²) in [5, 5.41) is 0.737. The van der Waals surface area contributed by atoms with Crippen LogP contribution in [0.25, 0.3) is 6.08 Å². The summed E-state index contributed by atoms with van der Waals surface area (Å²) in [5.74, 6) is 0.995. The Kier molecular flexibility index (Phi) is 3.72. The lowest BCUT2D eigenvalue weighted by atomic mass is 9.58. The topological polar surface area (TPSA) is 17.1 Å². The van der Waals surface area contributed by atoms with Crippen LogP contribution in [-0.4, -0.2) is 5.78 Å². The van der Waals surface area contributed by atoms with Crippen LogP contribution in [0.3, 0.4) is 0 Å². The number of rotatable bonds is 1. The highest BCUT2D eigenvalue weighted by Gasteiger charge is 2.46. The summed E-state index contributed by atoms with van der Waals surface area (Å²) in [5.41, 5.74) is 1.98. The Morgan fingerprint density at radius 1 is 1.20 bits per heavy atom. The number of halogens is 1. The molecule has 3 rings (SSSR count). The lowest BCUT2D eigenvalue weighted by molar-refractivity contribution is -0.131. The third-order valence-corrected chi connectivity index (χ3v) is 5.44. The van der Waals surface area contributed by atoms with Gasteiger partial charge in [0.25, 0.3) is 0 Å². The minimum Gasteiger partial charge on any atom is -0.294 e. The molecule has 1 aromatic carbocycles. The van der Waals surface area contributed by atoms with Gasteiger partial charge in [-0.3, -0.25) is 4.79 Å². The van der Waals surface area contributed by atoms with Gasteiger partial charge in [-0.25, -0.2) is 0 Å². The molecule has 1 nitrogen and oxygen atoms in total. The zero-order valence-electron chi connectivity index (χ0n) is 12.0. The van der Waals surface area contributed by atoms with Crippen LogP contribution in [0, 0.1) is 11.3 Å². The van der Waals surface area contributed by atoms with Gasteiger partial charge in [0.1, 0.15) is 0 Å². The van der Waals surface area contributed by atoms with Gasteiger partial charge in [-0.15, -0.1) is 0 Å². The number of ketones is 1. The Labute approximate surface area is 126 Å².